The Labute approximate surface area is 105 Å². The first-order valence-corrected chi connectivity index (χ1v) is 5.20. The molecule has 1 aromatic carbocycles. The Balaban J connectivity index is 3.01. The number of nitro benzene ring substituents is 2. The van der Waals surface area contributed by atoms with E-state index in [4.69, 9.17) is 0 Å². The van der Waals surface area contributed by atoms with Crippen LogP contribution in [0, 0.1) is 25.4 Å². The average molecular weight is 268 g/mol. The number of nitrogens with one attached hydrogen (secondary N) is 1. The fourth-order valence-electron chi connectivity index (χ4n) is 1.78. The van der Waals surface area contributed by atoms with Crippen molar-refractivity contribution in [2.24, 2.45) is 0 Å². The van der Waals surface area contributed by atoms with Crippen LogP contribution in [0.25, 0.3) is 6.08 Å². The molecule has 0 amide bonds. The molecule has 0 fully saturated rings. The van der Waals surface area contributed by atoms with Gasteiger partial charge in [0.05, 0.1) is 20.8 Å². The van der Waals surface area contributed by atoms with E-state index >= 15 is 0 Å². The molecule has 0 bridgehead atoms. The topological polar surface area (TPSA) is 134 Å². The third kappa shape index (κ3) is 1.88. The van der Waals surface area contributed by atoms with E-state index in [1.807, 2.05) is 0 Å². The Bertz CT molecular complexity index is 698. The second kappa shape index (κ2) is 4.40. The zero-order valence-electron chi connectivity index (χ0n) is 9.65. The molecule has 0 atom stereocenters. The number of non-ortho nitro benzene ring substituents is 1. The number of hydrogen-bond donors (Lipinski definition) is 1. The lowest BCUT2D eigenvalue weighted by Gasteiger charge is -1.98. The number of rotatable bonds is 3. The Morgan fingerprint density at radius 2 is 2.00 bits per heavy atom. The van der Waals surface area contributed by atoms with E-state index in [1.54, 1.807) is 6.92 Å². The molecule has 2 rings (SSSR count). The lowest BCUT2D eigenvalue weighted by molar-refractivity contribution is -0.394. The Kier molecular flexibility index (Phi) is 2.91. The maximum Gasteiger partial charge on any atom is 0.315 e. The summed E-state index contributed by atoms with van der Waals surface area (Å²) < 4.78 is 0. The molecule has 19 heavy (non-hydrogen) atoms. The summed E-state index contributed by atoms with van der Waals surface area (Å²) in [4.78, 5) is 24.6. The van der Waals surface area contributed by atoms with Gasteiger partial charge in [0.25, 0.3) is 5.69 Å². The van der Waals surface area contributed by atoms with E-state index in [0.717, 1.165) is 6.07 Å². The van der Waals surface area contributed by atoms with Gasteiger partial charge in [-0.2, -0.15) is 0 Å². The second-order valence-electron chi connectivity index (χ2n) is 3.63. The Hall–Kier alpha value is -2.91. The standard InChI is InChI=1S/C9H8N4O6/c1-2-3-5-6(11(14)15)4-7(12(16)17)8-9(5)13(18)19-10-8/h3-4,10H,2H2,1H3/b5-3+. The first-order valence-electron chi connectivity index (χ1n) is 5.20. The van der Waals surface area contributed by atoms with Crippen molar-refractivity contribution in [3.63, 3.8) is 0 Å². The molecule has 10 heteroatoms. The molecule has 0 saturated heterocycles. The van der Waals surface area contributed by atoms with Gasteiger partial charge >= 0.3 is 11.0 Å². The minimum atomic E-state index is -0.822. The molecule has 0 spiro atoms. The van der Waals surface area contributed by atoms with Crippen molar-refractivity contribution < 1.29 is 14.8 Å². The van der Waals surface area contributed by atoms with Crippen LogP contribution in [-0.4, -0.2) is 9.85 Å². The van der Waals surface area contributed by atoms with E-state index in [9.17, 15) is 25.4 Å². The van der Waals surface area contributed by atoms with Crippen LogP contribution in [0.3, 0.4) is 0 Å². The van der Waals surface area contributed by atoms with Crippen molar-refractivity contribution in [1.29, 1.82) is 0 Å². The van der Waals surface area contributed by atoms with E-state index in [1.165, 1.54) is 6.08 Å². The molecule has 0 radical (unpaired) electrons. The summed E-state index contributed by atoms with van der Waals surface area (Å²) in [6.45, 7) is 1.72. The first kappa shape index (κ1) is 12.5. The predicted molar refractivity (Wildman–Crippen MR) is 63.1 cm³/mol. The molecular weight excluding hydrogens is 260 g/mol. The van der Waals surface area contributed by atoms with Gasteiger partial charge in [0.2, 0.25) is 5.69 Å². The zero-order valence-corrected chi connectivity index (χ0v) is 9.65. The number of nitro groups is 2. The van der Waals surface area contributed by atoms with Gasteiger partial charge in [0.1, 0.15) is 5.22 Å². The largest absolute Gasteiger partial charge is 0.315 e. The Morgan fingerprint density at radius 3 is 2.53 bits per heavy atom. The quantitative estimate of drug-likeness (QED) is 0.461. The second-order valence-corrected chi connectivity index (χ2v) is 3.63. The van der Waals surface area contributed by atoms with E-state index in [-0.39, 0.29) is 21.2 Å². The first-order chi connectivity index (χ1) is 8.97. The maximum atomic E-state index is 11.5. The average Bonchev–Trinajstić information content (AvgIpc) is 2.71. The fourth-order valence-corrected chi connectivity index (χ4v) is 1.78. The fraction of sp³-hybridized carbons (Fsp3) is 0.222. The van der Waals surface area contributed by atoms with Crippen molar-refractivity contribution >= 4 is 23.1 Å². The lowest BCUT2D eigenvalue weighted by atomic mass is 10.1. The highest BCUT2D eigenvalue weighted by Crippen LogP contribution is 2.24. The van der Waals surface area contributed by atoms with Crippen LogP contribution in [0.4, 0.5) is 17.1 Å². The SMILES string of the molecule is CC/C=c1\c([N+](=O)[O-])cc([N+](=O)[O-])c2c1=[N+]([O-])ON2. The lowest BCUT2D eigenvalue weighted by Crippen LogP contribution is -2.35. The predicted octanol–water partition coefficient (Wildman–Crippen LogP) is -0.0455. The van der Waals surface area contributed by atoms with Gasteiger partial charge in [-0.3, -0.25) is 30.4 Å². The third-order valence-corrected chi connectivity index (χ3v) is 2.51. The number of fused-ring (bicyclic) bond motifs is 1. The van der Waals surface area contributed by atoms with Crippen molar-refractivity contribution in [2.45, 2.75) is 13.3 Å². The van der Waals surface area contributed by atoms with E-state index in [0.29, 0.717) is 6.42 Å². The summed E-state index contributed by atoms with van der Waals surface area (Å²) in [7, 11) is 0. The van der Waals surface area contributed by atoms with Gasteiger partial charge in [0, 0.05) is 0 Å². The molecule has 0 saturated carbocycles. The van der Waals surface area contributed by atoms with Crippen molar-refractivity contribution in [1.82, 2.24) is 4.90 Å². The number of hydrogen-bond acceptors (Lipinski definition) is 7. The van der Waals surface area contributed by atoms with Crippen LogP contribution >= 0.6 is 0 Å². The molecular formula is C9H8N4O6. The van der Waals surface area contributed by atoms with Crippen LogP contribution in [0.2, 0.25) is 0 Å². The van der Waals surface area contributed by atoms with E-state index in [2.05, 4.69) is 10.4 Å². The van der Waals surface area contributed by atoms with Gasteiger partial charge in [-0.15, -0.1) is 0 Å². The summed E-state index contributed by atoms with van der Waals surface area (Å²) in [6.07, 6.45) is 1.85. The minimum Gasteiger partial charge on any atom is -0.295 e. The zero-order chi connectivity index (χ0) is 14.2. The molecule has 100 valence electrons. The third-order valence-electron chi connectivity index (χ3n) is 2.51. The molecule has 10 nitrogen and oxygen atoms in total. The molecule has 1 heterocycles. The highest BCUT2D eigenvalue weighted by Gasteiger charge is 2.32. The summed E-state index contributed by atoms with van der Waals surface area (Å²) >= 11 is 0. The monoisotopic (exact) mass is 268 g/mol. The molecule has 0 unspecified atom stereocenters. The molecule has 1 N–H and O–H groups in total. The molecule has 0 aliphatic carbocycles. The number of anilines is 1. The van der Waals surface area contributed by atoms with Gasteiger partial charge < -0.3 is 0 Å². The van der Waals surface area contributed by atoms with Crippen molar-refractivity contribution in [2.75, 3.05) is 5.48 Å². The Morgan fingerprint density at radius 1 is 1.37 bits per heavy atom. The highest BCUT2D eigenvalue weighted by molar-refractivity contribution is 5.66. The van der Waals surface area contributed by atoms with Gasteiger partial charge in [-0.1, -0.05) is 13.0 Å². The minimum absolute atomic E-state index is 0.00639. The summed E-state index contributed by atoms with van der Waals surface area (Å²) in [5.74, 6) is 0. The number of nitrogens with zero attached hydrogens (tertiary/aromatic N) is 3. The van der Waals surface area contributed by atoms with Crippen LogP contribution in [0.5, 0.6) is 0 Å². The van der Waals surface area contributed by atoms with Gasteiger partial charge in [-0.25, -0.2) is 5.48 Å². The molecule has 1 aliphatic heterocycles. The summed E-state index contributed by atoms with van der Waals surface area (Å²) in [5, 5.41) is 33.0. The van der Waals surface area contributed by atoms with Crippen LogP contribution in [0.1, 0.15) is 13.3 Å². The molecule has 0 aromatic heterocycles. The highest BCUT2D eigenvalue weighted by atomic mass is 16.9. The van der Waals surface area contributed by atoms with Crippen molar-refractivity contribution in [3.8, 4) is 0 Å². The molecule has 1 aromatic rings. The maximum absolute atomic E-state index is 11.5. The van der Waals surface area contributed by atoms with Gasteiger partial charge in [-0.05, 0) is 6.42 Å². The van der Waals surface area contributed by atoms with Crippen LogP contribution in [-0.2, 0) is 4.94 Å². The summed E-state index contributed by atoms with van der Waals surface area (Å²) in [6, 6.07) is 0.801. The van der Waals surface area contributed by atoms with E-state index < -0.39 is 21.2 Å². The smallest absolute Gasteiger partial charge is 0.295 e. The van der Waals surface area contributed by atoms with Crippen molar-refractivity contribution in [3.05, 3.63) is 42.1 Å². The van der Waals surface area contributed by atoms with Gasteiger partial charge in [0.15, 0.2) is 0 Å². The summed E-state index contributed by atoms with van der Waals surface area (Å²) in [5.41, 5.74) is 0.801. The molecule has 1 aliphatic rings. The van der Waals surface area contributed by atoms with Crippen LogP contribution < -0.4 is 21.0 Å². The number of benzene rings is 1. The normalized spacial score (nSPS) is 13.7. The van der Waals surface area contributed by atoms with Crippen LogP contribution in [0.15, 0.2) is 6.07 Å².